The van der Waals surface area contributed by atoms with E-state index in [0.717, 1.165) is 16.8 Å². The molecule has 1 heterocycles. The van der Waals surface area contributed by atoms with Crippen LogP contribution >= 0.6 is 11.8 Å². The van der Waals surface area contributed by atoms with Crippen molar-refractivity contribution in [2.45, 2.75) is 50.3 Å². The average Bonchev–Trinajstić information content (AvgIpc) is 3.12. The average molecular weight is 354 g/mol. The summed E-state index contributed by atoms with van der Waals surface area (Å²) in [5.74, 6) is 0.851. The quantitative estimate of drug-likeness (QED) is 0.685. The molecule has 0 radical (unpaired) electrons. The highest BCUT2D eigenvalue weighted by atomic mass is 32.2. The molecule has 1 aliphatic rings. The van der Waals surface area contributed by atoms with Crippen molar-refractivity contribution in [1.29, 1.82) is 0 Å². The summed E-state index contributed by atoms with van der Waals surface area (Å²) in [6.45, 7) is 4.11. The van der Waals surface area contributed by atoms with Gasteiger partial charge in [0, 0.05) is 21.7 Å². The highest BCUT2D eigenvalue weighted by Gasteiger charge is 2.16. The van der Waals surface area contributed by atoms with E-state index in [1.54, 1.807) is 11.8 Å². The lowest BCUT2D eigenvalue weighted by atomic mass is 9.95. The van der Waals surface area contributed by atoms with Gasteiger partial charge in [-0.05, 0) is 54.7 Å². The number of pyridine rings is 1. The van der Waals surface area contributed by atoms with Gasteiger partial charge in [-0.2, -0.15) is 0 Å². The SMILES string of the molecule is CSc1ccc(/C(=C/C2CCCC2)c2ccc(C(C)C)c(=O)[nH]2)cc1. The predicted molar refractivity (Wildman–Crippen MR) is 108 cm³/mol. The van der Waals surface area contributed by atoms with Gasteiger partial charge in [0.1, 0.15) is 0 Å². The Kier molecular flexibility index (Phi) is 5.85. The van der Waals surface area contributed by atoms with Crippen molar-refractivity contribution in [2.75, 3.05) is 6.26 Å². The molecule has 25 heavy (non-hydrogen) atoms. The minimum Gasteiger partial charge on any atom is -0.322 e. The monoisotopic (exact) mass is 353 g/mol. The topological polar surface area (TPSA) is 32.9 Å². The summed E-state index contributed by atoms with van der Waals surface area (Å²) in [6, 6.07) is 12.7. The van der Waals surface area contributed by atoms with Crippen molar-refractivity contribution in [3.8, 4) is 0 Å². The Labute approximate surface area is 154 Å². The number of benzene rings is 1. The molecular weight excluding hydrogens is 326 g/mol. The summed E-state index contributed by atoms with van der Waals surface area (Å²) in [6.07, 6.45) is 9.58. The number of allylic oxidation sites excluding steroid dienone is 1. The second-order valence-electron chi connectivity index (χ2n) is 7.16. The van der Waals surface area contributed by atoms with E-state index in [4.69, 9.17) is 0 Å². The molecule has 132 valence electrons. The van der Waals surface area contributed by atoms with Crippen LogP contribution in [-0.2, 0) is 0 Å². The molecule has 0 atom stereocenters. The Morgan fingerprint density at radius 3 is 2.36 bits per heavy atom. The van der Waals surface area contributed by atoms with Gasteiger partial charge in [0.25, 0.3) is 5.56 Å². The van der Waals surface area contributed by atoms with Gasteiger partial charge in [-0.1, -0.05) is 51.0 Å². The first-order chi connectivity index (χ1) is 12.1. The number of H-pyrrole nitrogens is 1. The summed E-state index contributed by atoms with van der Waals surface area (Å²) >= 11 is 1.75. The van der Waals surface area contributed by atoms with Crippen LogP contribution < -0.4 is 5.56 Å². The molecule has 3 heteroatoms. The molecule has 2 aromatic rings. The summed E-state index contributed by atoms with van der Waals surface area (Å²) in [5, 5.41) is 0. The van der Waals surface area contributed by atoms with Crippen LogP contribution in [0.3, 0.4) is 0 Å². The van der Waals surface area contributed by atoms with E-state index in [-0.39, 0.29) is 11.5 Å². The van der Waals surface area contributed by atoms with Crippen LogP contribution in [0.2, 0.25) is 0 Å². The van der Waals surface area contributed by atoms with Crippen molar-refractivity contribution in [3.63, 3.8) is 0 Å². The lowest BCUT2D eigenvalue weighted by Gasteiger charge is -2.13. The van der Waals surface area contributed by atoms with Gasteiger partial charge in [0.05, 0.1) is 0 Å². The third-order valence-corrected chi connectivity index (χ3v) is 5.80. The van der Waals surface area contributed by atoms with E-state index >= 15 is 0 Å². The van der Waals surface area contributed by atoms with Gasteiger partial charge in [0.15, 0.2) is 0 Å². The second-order valence-corrected chi connectivity index (χ2v) is 8.04. The number of thioether (sulfide) groups is 1. The molecule has 1 aromatic carbocycles. The van der Waals surface area contributed by atoms with Crippen LogP contribution in [-0.4, -0.2) is 11.2 Å². The van der Waals surface area contributed by atoms with Crippen LogP contribution in [0.5, 0.6) is 0 Å². The Balaban J connectivity index is 2.04. The van der Waals surface area contributed by atoms with Gasteiger partial charge in [-0.3, -0.25) is 4.79 Å². The number of rotatable bonds is 5. The molecule has 0 saturated heterocycles. The normalized spacial score (nSPS) is 15.9. The second kappa shape index (κ2) is 8.09. The third-order valence-electron chi connectivity index (χ3n) is 5.06. The minimum absolute atomic E-state index is 0.0329. The summed E-state index contributed by atoms with van der Waals surface area (Å²) in [4.78, 5) is 16.9. The first-order valence-electron chi connectivity index (χ1n) is 9.18. The zero-order chi connectivity index (χ0) is 17.8. The number of hydrogen-bond acceptors (Lipinski definition) is 2. The fourth-order valence-electron chi connectivity index (χ4n) is 3.57. The Morgan fingerprint density at radius 1 is 1.12 bits per heavy atom. The maximum absolute atomic E-state index is 12.5. The molecule has 0 bridgehead atoms. The Morgan fingerprint density at radius 2 is 1.80 bits per heavy atom. The molecule has 0 amide bonds. The number of hydrogen-bond donors (Lipinski definition) is 1. The summed E-state index contributed by atoms with van der Waals surface area (Å²) < 4.78 is 0. The van der Waals surface area contributed by atoms with Gasteiger partial charge in [-0.15, -0.1) is 11.8 Å². The first kappa shape index (κ1) is 18.1. The van der Waals surface area contributed by atoms with Crippen molar-refractivity contribution in [3.05, 3.63) is 69.6 Å². The van der Waals surface area contributed by atoms with Crippen molar-refractivity contribution >= 4 is 17.3 Å². The zero-order valence-electron chi connectivity index (χ0n) is 15.3. The molecule has 0 aliphatic heterocycles. The molecule has 1 aromatic heterocycles. The largest absolute Gasteiger partial charge is 0.322 e. The highest BCUT2D eigenvalue weighted by molar-refractivity contribution is 7.98. The van der Waals surface area contributed by atoms with Crippen molar-refractivity contribution < 1.29 is 0 Å². The first-order valence-corrected chi connectivity index (χ1v) is 10.4. The molecule has 1 aliphatic carbocycles. The van der Waals surface area contributed by atoms with Crippen molar-refractivity contribution in [2.24, 2.45) is 5.92 Å². The van der Waals surface area contributed by atoms with Gasteiger partial charge in [-0.25, -0.2) is 0 Å². The standard InChI is InChI=1S/C22H27NOS/c1-15(2)19-12-13-21(23-22(19)24)20(14-16-6-4-5-7-16)17-8-10-18(25-3)11-9-17/h8-16H,4-7H2,1-3H3,(H,23,24)/b20-14-. The minimum atomic E-state index is 0.0329. The Hall–Kier alpha value is -1.74. The van der Waals surface area contributed by atoms with E-state index in [1.807, 2.05) is 6.07 Å². The highest BCUT2D eigenvalue weighted by Crippen LogP contribution is 2.32. The van der Waals surface area contributed by atoms with Crippen molar-refractivity contribution in [1.82, 2.24) is 4.98 Å². The van der Waals surface area contributed by atoms with Crippen LogP contribution in [0.4, 0.5) is 0 Å². The molecular formula is C22H27NOS. The number of aromatic amines is 1. The van der Waals surface area contributed by atoms with Crippen LogP contribution in [0, 0.1) is 5.92 Å². The van der Waals surface area contributed by atoms with E-state index < -0.39 is 0 Å². The maximum Gasteiger partial charge on any atom is 0.251 e. The smallest absolute Gasteiger partial charge is 0.251 e. The summed E-state index contributed by atoms with van der Waals surface area (Å²) in [7, 11) is 0. The van der Waals surface area contributed by atoms with Crippen LogP contribution in [0.25, 0.3) is 5.57 Å². The number of aromatic nitrogens is 1. The van der Waals surface area contributed by atoms with Gasteiger partial charge < -0.3 is 4.98 Å². The molecule has 0 spiro atoms. The van der Waals surface area contributed by atoms with Crippen LogP contribution in [0.1, 0.15) is 62.3 Å². The molecule has 1 saturated carbocycles. The fourth-order valence-corrected chi connectivity index (χ4v) is 3.98. The lowest BCUT2D eigenvalue weighted by Crippen LogP contribution is -2.15. The molecule has 2 nitrogen and oxygen atoms in total. The van der Waals surface area contributed by atoms with E-state index in [0.29, 0.717) is 5.92 Å². The number of nitrogens with one attached hydrogen (secondary N) is 1. The molecule has 0 unspecified atom stereocenters. The van der Waals surface area contributed by atoms with Crippen LogP contribution in [0.15, 0.2) is 52.2 Å². The fraction of sp³-hybridized carbons (Fsp3) is 0.409. The van der Waals surface area contributed by atoms with E-state index in [9.17, 15) is 4.79 Å². The predicted octanol–water partition coefficient (Wildman–Crippen LogP) is 5.84. The Bertz CT molecular complexity index is 796. The molecule has 1 fully saturated rings. The molecule has 1 N–H and O–H groups in total. The van der Waals surface area contributed by atoms with E-state index in [2.05, 4.69) is 61.5 Å². The maximum atomic E-state index is 12.5. The van der Waals surface area contributed by atoms with E-state index in [1.165, 1.54) is 36.1 Å². The molecule has 3 rings (SSSR count). The third kappa shape index (κ3) is 4.27. The lowest BCUT2D eigenvalue weighted by molar-refractivity contribution is 0.687. The zero-order valence-corrected chi connectivity index (χ0v) is 16.2. The van der Waals surface area contributed by atoms with Gasteiger partial charge >= 0.3 is 0 Å². The summed E-state index contributed by atoms with van der Waals surface area (Å²) in [5.41, 5.74) is 4.15. The van der Waals surface area contributed by atoms with Gasteiger partial charge in [0.2, 0.25) is 0 Å².